The number of sulfonamides is 1. The highest BCUT2D eigenvalue weighted by molar-refractivity contribution is 7.89. The maximum Gasteiger partial charge on any atom is 0.244 e. The van der Waals surface area contributed by atoms with E-state index in [9.17, 15) is 13.2 Å². The van der Waals surface area contributed by atoms with Crippen molar-refractivity contribution in [2.45, 2.75) is 61.8 Å². The van der Waals surface area contributed by atoms with Crippen LogP contribution in [0.1, 0.15) is 56.9 Å². The van der Waals surface area contributed by atoms with Gasteiger partial charge in [0, 0.05) is 31.2 Å². The fraction of sp³-hybridized carbons (Fsp3) is 0.640. The van der Waals surface area contributed by atoms with Gasteiger partial charge >= 0.3 is 0 Å². The van der Waals surface area contributed by atoms with E-state index in [0.29, 0.717) is 32.8 Å². The smallest absolute Gasteiger partial charge is 0.244 e. The van der Waals surface area contributed by atoms with E-state index in [1.54, 1.807) is 36.4 Å². The Bertz CT molecular complexity index is 911. The van der Waals surface area contributed by atoms with Gasteiger partial charge in [0.15, 0.2) is 0 Å². The van der Waals surface area contributed by atoms with Gasteiger partial charge in [0.2, 0.25) is 15.9 Å². The van der Waals surface area contributed by atoms with Crippen LogP contribution in [-0.4, -0.2) is 75.0 Å². The number of piperidine rings is 1. The van der Waals surface area contributed by atoms with Gasteiger partial charge in [-0.3, -0.25) is 9.69 Å². The van der Waals surface area contributed by atoms with Crippen LogP contribution in [0.4, 0.5) is 0 Å². The van der Waals surface area contributed by atoms with Crippen molar-refractivity contribution in [1.29, 1.82) is 0 Å². The number of hydrogen-bond acceptors (Lipinski definition) is 5. The molecule has 1 aliphatic carbocycles. The van der Waals surface area contributed by atoms with E-state index in [1.165, 1.54) is 42.8 Å². The van der Waals surface area contributed by atoms with Crippen LogP contribution in [0.3, 0.4) is 0 Å². The zero-order valence-corrected chi connectivity index (χ0v) is 20.3. The predicted octanol–water partition coefficient (Wildman–Crippen LogP) is 3.03. The van der Waals surface area contributed by atoms with Crippen molar-refractivity contribution in [1.82, 2.24) is 14.5 Å². The molecule has 33 heavy (non-hydrogen) atoms. The number of amides is 1. The van der Waals surface area contributed by atoms with Gasteiger partial charge in [-0.15, -0.1) is 0 Å². The first kappa shape index (κ1) is 24.4. The number of carbonyl (C=O) groups is 1. The van der Waals surface area contributed by atoms with Crippen LogP contribution in [0, 0.1) is 0 Å². The van der Waals surface area contributed by atoms with Gasteiger partial charge in [-0.25, -0.2) is 8.42 Å². The highest BCUT2D eigenvalue weighted by Crippen LogP contribution is 2.35. The largest absolute Gasteiger partial charge is 0.379 e. The molecule has 2 aliphatic heterocycles. The summed E-state index contributed by atoms with van der Waals surface area (Å²) >= 11 is 0. The van der Waals surface area contributed by atoms with E-state index < -0.39 is 10.0 Å². The monoisotopic (exact) mass is 475 g/mol. The number of morpholine rings is 1. The molecule has 0 atom stereocenters. The normalized spacial score (nSPS) is 22.9. The number of benzene rings is 1. The summed E-state index contributed by atoms with van der Waals surface area (Å²) in [6, 6.07) is 6.70. The molecule has 8 heteroatoms. The van der Waals surface area contributed by atoms with Gasteiger partial charge in [0.1, 0.15) is 0 Å². The third-order valence-electron chi connectivity index (χ3n) is 7.32. The van der Waals surface area contributed by atoms with Crippen molar-refractivity contribution in [3.05, 3.63) is 35.9 Å². The predicted molar refractivity (Wildman–Crippen MR) is 129 cm³/mol. The van der Waals surface area contributed by atoms with Crippen LogP contribution < -0.4 is 5.32 Å². The molecule has 0 bridgehead atoms. The Balaban J connectivity index is 1.34. The fourth-order valence-corrected chi connectivity index (χ4v) is 6.76. The molecule has 0 radical (unpaired) electrons. The summed E-state index contributed by atoms with van der Waals surface area (Å²) in [7, 11) is -3.50. The molecular formula is C25H37N3O4S. The summed E-state index contributed by atoms with van der Waals surface area (Å²) in [6.07, 6.45) is 13.2. The lowest BCUT2D eigenvalue weighted by atomic mass is 9.79. The van der Waals surface area contributed by atoms with E-state index >= 15 is 0 Å². The minimum Gasteiger partial charge on any atom is -0.379 e. The van der Waals surface area contributed by atoms with Crippen molar-refractivity contribution in [2.75, 3.05) is 45.9 Å². The number of likely N-dealkylation sites (tertiary alicyclic amines) is 1. The summed E-state index contributed by atoms with van der Waals surface area (Å²) in [5.74, 6) is -0.0954. The minimum atomic E-state index is -3.50. The van der Waals surface area contributed by atoms with E-state index in [2.05, 4.69) is 10.2 Å². The number of carbonyl (C=O) groups excluding carboxylic acids is 1. The number of rotatable bonds is 7. The topological polar surface area (TPSA) is 79.0 Å². The number of ether oxygens (including phenoxy) is 1. The van der Waals surface area contributed by atoms with Crippen molar-refractivity contribution < 1.29 is 17.9 Å². The zero-order valence-electron chi connectivity index (χ0n) is 19.5. The number of hydrogen-bond donors (Lipinski definition) is 1. The van der Waals surface area contributed by atoms with Gasteiger partial charge in [-0.05, 0) is 62.5 Å². The summed E-state index contributed by atoms with van der Waals surface area (Å²) in [5, 5.41) is 3.16. The van der Waals surface area contributed by atoms with Crippen LogP contribution >= 0.6 is 0 Å². The lowest BCUT2D eigenvalue weighted by molar-refractivity contribution is -0.117. The molecule has 2 saturated heterocycles. The Morgan fingerprint density at radius 1 is 0.939 bits per heavy atom. The molecule has 3 aliphatic rings. The summed E-state index contributed by atoms with van der Waals surface area (Å²) in [6.45, 7) is 4.60. The van der Waals surface area contributed by atoms with Crippen molar-refractivity contribution in [3.63, 3.8) is 0 Å². The summed E-state index contributed by atoms with van der Waals surface area (Å²) in [5.41, 5.74) is 0.909. The molecule has 1 saturated carbocycles. The SMILES string of the molecule is O=C(C=Cc1ccc(S(=O)(=O)N2CCOCC2)cc1)NCC1(N2CCCCC2)CCCCC1. The van der Waals surface area contributed by atoms with Crippen LogP contribution in [-0.2, 0) is 19.6 Å². The second-order valence-electron chi connectivity index (χ2n) is 9.47. The Labute approximate surface area is 198 Å². The third kappa shape index (κ3) is 6.04. The molecule has 0 spiro atoms. The van der Waals surface area contributed by atoms with Crippen LogP contribution in [0.25, 0.3) is 6.08 Å². The quantitative estimate of drug-likeness (QED) is 0.614. The molecule has 1 amide bonds. The zero-order chi connectivity index (χ0) is 23.2. The van der Waals surface area contributed by atoms with Gasteiger partial charge in [0.25, 0.3) is 0 Å². The van der Waals surface area contributed by atoms with Crippen molar-refractivity contribution in [3.8, 4) is 0 Å². The highest BCUT2D eigenvalue weighted by Gasteiger charge is 2.38. The van der Waals surface area contributed by atoms with E-state index in [4.69, 9.17) is 4.74 Å². The van der Waals surface area contributed by atoms with Crippen LogP contribution in [0.15, 0.2) is 35.2 Å². The van der Waals surface area contributed by atoms with E-state index in [1.807, 2.05) is 0 Å². The molecule has 0 unspecified atom stereocenters. The first-order chi connectivity index (χ1) is 16.0. The Morgan fingerprint density at radius 3 is 2.24 bits per heavy atom. The lowest BCUT2D eigenvalue weighted by Crippen LogP contribution is -2.58. The molecule has 1 N–H and O–H groups in total. The first-order valence-corrected chi connectivity index (χ1v) is 13.8. The van der Waals surface area contributed by atoms with Crippen LogP contribution in [0.5, 0.6) is 0 Å². The maximum atomic E-state index is 12.7. The molecule has 0 aromatic heterocycles. The maximum absolute atomic E-state index is 12.7. The summed E-state index contributed by atoms with van der Waals surface area (Å²) in [4.78, 5) is 15.5. The molecule has 3 fully saturated rings. The molecule has 1 aromatic rings. The van der Waals surface area contributed by atoms with Gasteiger partial charge in [-0.1, -0.05) is 37.8 Å². The third-order valence-corrected chi connectivity index (χ3v) is 9.23. The summed E-state index contributed by atoms with van der Waals surface area (Å²) < 4.78 is 32.2. The standard InChI is InChI=1S/C25H37N3O4S/c29-24(26-21-25(13-3-1-4-14-25)27-15-5-2-6-16-27)12-9-22-7-10-23(11-8-22)33(30,31)28-17-19-32-20-18-28/h7-12H,1-6,13-21H2,(H,26,29). The Hall–Kier alpha value is -1.74. The lowest BCUT2D eigenvalue weighted by Gasteiger charge is -2.48. The second-order valence-corrected chi connectivity index (χ2v) is 11.4. The van der Waals surface area contributed by atoms with Crippen LogP contribution in [0.2, 0.25) is 0 Å². The molecule has 182 valence electrons. The second kappa shape index (κ2) is 11.1. The minimum absolute atomic E-state index is 0.0954. The number of nitrogens with one attached hydrogen (secondary N) is 1. The van der Waals surface area contributed by atoms with Gasteiger partial charge in [0.05, 0.1) is 18.1 Å². The fourth-order valence-electron chi connectivity index (χ4n) is 5.35. The molecule has 4 rings (SSSR count). The molecule has 1 aromatic carbocycles. The average molecular weight is 476 g/mol. The van der Waals surface area contributed by atoms with Gasteiger partial charge < -0.3 is 10.1 Å². The van der Waals surface area contributed by atoms with Crippen molar-refractivity contribution in [2.24, 2.45) is 0 Å². The van der Waals surface area contributed by atoms with Gasteiger partial charge in [-0.2, -0.15) is 4.31 Å². The average Bonchev–Trinajstić information content (AvgIpc) is 2.88. The van der Waals surface area contributed by atoms with Crippen molar-refractivity contribution >= 4 is 22.0 Å². The highest BCUT2D eigenvalue weighted by atomic mass is 32.2. The number of nitrogens with zero attached hydrogens (tertiary/aromatic N) is 2. The molecule has 2 heterocycles. The van der Waals surface area contributed by atoms with E-state index in [-0.39, 0.29) is 16.3 Å². The van der Waals surface area contributed by atoms with E-state index in [0.717, 1.165) is 31.5 Å². The Kier molecular flexibility index (Phi) is 8.22. The first-order valence-electron chi connectivity index (χ1n) is 12.4. The molecular weight excluding hydrogens is 438 g/mol. The molecule has 7 nitrogen and oxygen atoms in total. The Morgan fingerprint density at radius 2 is 1.58 bits per heavy atom.